The van der Waals surface area contributed by atoms with Crippen molar-refractivity contribution in [1.82, 2.24) is 10.9 Å². The molecule has 136 valence electrons. The fourth-order valence-electron chi connectivity index (χ4n) is 2.37. The Morgan fingerprint density at radius 2 is 1.54 bits per heavy atom. The van der Waals surface area contributed by atoms with Gasteiger partial charge >= 0.3 is 6.18 Å². The first-order chi connectivity index (χ1) is 12.4. The Morgan fingerprint density at radius 1 is 0.885 bits per heavy atom. The molecule has 0 spiro atoms. The topological polar surface area (TPSA) is 76.7 Å². The normalized spacial score (nSPS) is 13.0. The van der Waals surface area contributed by atoms with Crippen LogP contribution >= 0.6 is 0 Å². The maximum absolute atomic E-state index is 12.9. The Kier molecular flexibility index (Phi) is 4.70. The van der Waals surface area contributed by atoms with Crippen molar-refractivity contribution in [2.75, 3.05) is 13.2 Å². The van der Waals surface area contributed by atoms with Crippen LogP contribution in [0.2, 0.25) is 0 Å². The molecule has 6 nitrogen and oxygen atoms in total. The molecule has 0 aliphatic carbocycles. The zero-order valence-electron chi connectivity index (χ0n) is 13.2. The molecule has 2 aromatic carbocycles. The summed E-state index contributed by atoms with van der Waals surface area (Å²) in [6.45, 7) is 0.732. The van der Waals surface area contributed by atoms with Crippen molar-refractivity contribution in [3.8, 4) is 11.5 Å². The molecule has 2 aromatic rings. The molecule has 0 saturated heterocycles. The smallest absolute Gasteiger partial charge is 0.417 e. The van der Waals surface area contributed by atoms with E-state index in [1.165, 1.54) is 30.3 Å². The van der Waals surface area contributed by atoms with E-state index in [9.17, 15) is 22.8 Å². The lowest BCUT2D eigenvalue weighted by Gasteiger charge is -2.18. The first kappa shape index (κ1) is 17.6. The number of hydrazine groups is 1. The summed E-state index contributed by atoms with van der Waals surface area (Å²) in [5.74, 6) is -0.933. The third-order valence-corrected chi connectivity index (χ3v) is 3.57. The van der Waals surface area contributed by atoms with E-state index in [0.717, 1.165) is 12.1 Å². The van der Waals surface area contributed by atoms with Crippen LogP contribution < -0.4 is 20.3 Å². The maximum Gasteiger partial charge on any atom is 0.417 e. The molecule has 1 heterocycles. The summed E-state index contributed by atoms with van der Waals surface area (Å²) in [4.78, 5) is 24.1. The number of halogens is 3. The average molecular weight is 366 g/mol. The number of rotatable bonds is 2. The molecule has 26 heavy (non-hydrogen) atoms. The number of carbonyl (C=O) groups is 2. The van der Waals surface area contributed by atoms with Crippen LogP contribution in [0.4, 0.5) is 13.2 Å². The second kappa shape index (κ2) is 6.95. The quantitative estimate of drug-likeness (QED) is 0.801. The van der Waals surface area contributed by atoms with Crippen molar-refractivity contribution in [3.63, 3.8) is 0 Å². The Balaban J connectivity index is 1.70. The van der Waals surface area contributed by atoms with E-state index in [4.69, 9.17) is 9.47 Å². The van der Waals surface area contributed by atoms with E-state index in [-0.39, 0.29) is 5.56 Å². The minimum Gasteiger partial charge on any atom is -0.486 e. The van der Waals surface area contributed by atoms with E-state index in [2.05, 4.69) is 5.43 Å². The third kappa shape index (κ3) is 3.71. The van der Waals surface area contributed by atoms with Gasteiger partial charge in [-0.25, -0.2) is 0 Å². The number of ether oxygens (including phenoxy) is 2. The van der Waals surface area contributed by atoms with Crippen molar-refractivity contribution in [1.29, 1.82) is 0 Å². The molecular weight excluding hydrogens is 353 g/mol. The molecule has 0 saturated carbocycles. The van der Waals surface area contributed by atoms with Gasteiger partial charge in [-0.2, -0.15) is 13.2 Å². The van der Waals surface area contributed by atoms with Gasteiger partial charge in [0.1, 0.15) is 13.2 Å². The highest BCUT2D eigenvalue weighted by Gasteiger charge is 2.34. The van der Waals surface area contributed by atoms with Gasteiger partial charge in [0.2, 0.25) is 0 Å². The van der Waals surface area contributed by atoms with Gasteiger partial charge in [0, 0.05) is 5.56 Å². The molecule has 2 N–H and O–H groups in total. The molecule has 0 atom stereocenters. The van der Waals surface area contributed by atoms with E-state index in [0.29, 0.717) is 24.7 Å². The minimum atomic E-state index is -4.69. The molecule has 0 fully saturated rings. The van der Waals surface area contributed by atoms with Crippen molar-refractivity contribution >= 4 is 11.8 Å². The molecule has 1 aliphatic heterocycles. The van der Waals surface area contributed by atoms with E-state index in [1.807, 2.05) is 5.43 Å². The number of alkyl halides is 3. The maximum atomic E-state index is 12.9. The zero-order valence-corrected chi connectivity index (χ0v) is 13.2. The van der Waals surface area contributed by atoms with E-state index in [1.54, 1.807) is 0 Å². The van der Waals surface area contributed by atoms with Crippen molar-refractivity contribution in [3.05, 3.63) is 59.2 Å². The minimum absolute atomic E-state index is 0.152. The highest BCUT2D eigenvalue weighted by Crippen LogP contribution is 2.32. The van der Waals surface area contributed by atoms with Crippen LogP contribution in [0.3, 0.4) is 0 Å². The zero-order chi connectivity index (χ0) is 18.7. The van der Waals surface area contributed by atoms with E-state index < -0.39 is 29.1 Å². The van der Waals surface area contributed by atoms with Crippen LogP contribution in [0.25, 0.3) is 0 Å². The molecule has 3 rings (SSSR count). The Bertz CT molecular complexity index is 852. The Morgan fingerprint density at radius 3 is 2.27 bits per heavy atom. The third-order valence-electron chi connectivity index (χ3n) is 3.57. The molecule has 9 heteroatoms. The van der Waals surface area contributed by atoms with Gasteiger partial charge in [0.05, 0.1) is 11.1 Å². The monoisotopic (exact) mass is 366 g/mol. The number of amides is 2. The van der Waals surface area contributed by atoms with Crippen LogP contribution in [-0.4, -0.2) is 25.0 Å². The average Bonchev–Trinajstić information content (AvgIpc) is 2.64. The summed E-state index contributed by atoms with van der Waals surface area (Å²) in [7, 11) is 0. The van der Waals surface area contributed by atoms with Gasteiger partial charge < -0.3 is 9.47 Å². The molecule has 1 aliphatic rings. The molecule has 0 unspecified atom stereocenters. The Labute approximate surface area is 145 Å². The summed E-state index contributed by atoms with van der Waals surface area (Å²) in [6.07, 6.45) is -4.69. The van der Waals surface area contributed by atoms with Gasteiger partial charge in [0.25, 0.3) is 11.8 Å². The van der Waals surface area contributed by atoms with Crippen molar-refractivity contribution < 1.29 is 32.2 Å². The molecule has 0 bridgehead atoms. The first-order valence-electron chi connectivity index (χ1n) is 7.53. The summed E-state index contributed by atoms with van der Waals surface area (Å²) in [5.41, 5.74) is 2.52. The summed E-state index contributed by atoms with van der Waals surface area (Å²) in [5, 5.41) is 0. The molecule has 0 aromatic heterocycles. The van der Waals surface area contributed by atoms with Crippen LogP contribution in [0, 0.1) is 0 Å². The number of nitrogens with one attached hydrogen (secondary N) is 2. The number of hydrogen-bond donors (Lipinski definition) is 2. The SMILES string of the molecule is O=C(NNC(=O)c1ccccc1C(F)(F)F)c1ccc2c(c1)OCCO2. The fraction of sp³-hybridized carbons (Fsp3) is 0.176. The fourth-order valence-corrected chi connectivity index (χ4v) is 2.37. The van der Waals surface area contributed by atoms with Crippen molar-refractivity contribution in [2.24, 2.45) is 0 Å². The lowest BCUT2D eigenvalue weighted by Crippen LogP contribution is -2.42. The predicted molar refractivity (Wildman–Crippen MR) is 83.8 cm³/mol. The molecule has 0 radical (unpaired) electrons. The van der Waals surface area contributed by atoms with Gasteiger partial charge in [-0.3, -0.25) is 20.4 Å². The summed E-state index contributed by atoms with van der Waals surface area (Å²) in [6, 6.07) is 8.68. The van der Waals surface area contributed by atoms with Crippen molar-refractivity contribution in [2.45, 2.75) is 6.18 Å². The van der Waals surface area contributed by atoms with Gasteiger partial charge in [-0.05, 0) is 30.3 Å². The largest absolute Gasteiger partial charge is 0.486 e. The standard InChI is InChI=1S/C17H13F3N2O4/c18-17(19,20)12-4-2-1-3-11(12)16(24)22-21-15(23)10-5-6-13-14(9-10)26-8-7-25-13/h1-6,9H,7-8H2,(H,21,23)(H,22,24). The summed E-state index contributed by atoms with van der Waals surface area (Å²) >= 11 is 0. The predicted octanol–water partition coefficient (Wildman–Crippen LogP) is 2.55. The number of carbonyl (C=O) groups excluding carboxylic acids is 2. The second-order valence-electron chi connectivity index (χ2n) is 5.31. The number of benzene rings is 2. The second-order valence-corrected chi connectivity index (χ2v) is 5.31. The molecule has 2 amide bonds. The first-order valence-corrected chi connectivity index (χ1v) is 7.53. The highest BCUT2D eigenvalue weighted by molar-refractivity contribution is 6.00. The molecular formula is C17H13F3N2O4. The van der Waals surface area contributed by atoms with E-state index >= 15 is 0 Å². The highest BCUT2D eigenvalue weighted by atomic mass is 19.4. The summed E-state index contributed by atoms with van der Waals surface area (Å²) < 4.78 is 49.5. The van der Waals surface area contributed by atoms with Gasteiger partial charge in [-0.1, -0.05) is 12.1 Å². The van der Waals surface area contributed by atoms with Crippen LogP contribution in [0.15, 0.2) is 42.5 Å². The van der Waals surface area contributed by atoms with Gasteiger partial charge in [0.15, 0.2) is 11.5 Å². The number of fused-ring (bicyclic) bond motifs is 1. The van der Waals surface area contributed by atoms with Gasteiger partial charge in [-0.15, -0.1) is 0 Å². The van der Waals surface area contributed by atoms with Crippen LogP contribution in [0.5, 0.6) is 11.5 Å². The van der Waals surface area contributed by atoms with Crippen LogP contribution in [0.1, 0.15) is 26.3 Å². The lowest BCUT2D eigenvalue weighted by atomic mass is 10.1. The van der Waals surface area contributed by atoms with Crippen LogP contribution in [-0.2, 0) is 6.18 Å². The Hall–Kier alpha value is -3.23. The number of hydrogen-bond acceptors (Lipinski definition) is 4. The lowest BCUT2D eigenvalue weighted by molar-refractivity contribution is -0.137.